The fraction of sp³-hybridized carbons (Fsp3) is 0.600. The zero-order valence-electron chi connectivity index (χ0n) is 12.3. The Balaban J connectivity index is 2.30. The first-order valence-electron chi connectivity index (χ1n) is 7.45. The van der Waals surface area contributed by atoms with E-state index >= 15 is 0 Å². The van der Waals surface area contributed by atoms with E-state index in [2.05, 4.69) is 24.1 Å². The molecule has 0 bridgehead atoms. The van der Waals surface area contributed by atoms with Gasteiger partial charge in [0.2, 0.25) is 0 Å². The molecule has 5 heteroatoms. The SMILES string of the molecule is CCCNc1cc(N2CCCC2CC)cc([N+](=O)[O-])c1. The molecule has 0 aliphatic carbocycles. The molecule has 0 spiro atoms. The summed E-state index contributed by atoms with van der Waals surface area (Å²) < 4.78 is 0. The number of benzene rings is 1. The van der Waals surface area contributed by atoms with Gasteiger partial charge in [0.1, 0.15) is 0 Å². The number of nitrogens with one attached hydrogen (secondary N) is 1. The zero-order chi connectivity index (χ0) is 14.5. The van der Waals surface area contributed by atoms with E-state index in [9.17, 15) is 10.1 Å². The Labute approximate surface area is 120 Å². The standard InChI is InChI=1S/C15H23N3O2/c1-3-7-16-12-9-14(11-15(10-12)18(19)20)17-8-5-6-13(17)4-2/h9-11,13,16H,3-8H2,1-2H3. The number of rotatable bonds is 6. The summed E-state index contributed by atoms with van der Waals surface area (Å²) in [7, 11) is 0. The summed E-state index contributed by atoms with van der Waals surface area (Å²) >= 11 is 0. The van der Waals surface area contributed by atoms with Gasteiger partial charge in [0, 0.05) is 42.6 Å². The Kier molecular flexibility index (Phi) is 4.82. The smallest absolute Gasteiger partial charge is 0.273 e. The van der Waals surface area contributed by atoms with Gasteiger partial charge in [-0.05, 0) is 31.7 Å². The molecule has 20 heavy (non-hydrogen) atoms. The molecule has 1 N–H and O–H groups in total. The molecule has 1 unspecified atom stereocenters. The molecule has 2 rings (SSSR count). The maximum absolute atomic E-state index is 11.1. The van der Waals surface area contributed by atoms with E-state index in [1.807, 2.05) is 6.07 Å². The van der Waals surface area contributed by atoms with Crippen LogP contribution in [0.5, 0.6) is 0 Å². The molecule has 1 aliphatic rings. The number of anilines is 2. The molecule has 1 heterocycles. The minimum atomic E-state index is -0.308. The molecule has 0 aromatic heterocycles. The van der Waals surface area contributed by atoms with Crippen LogP contribution in [0.25, 0.3) is 0 Å². The second-order valence-electron chi connectivity index (χ2n) is 5.32. The third kappa shape index (κ3) is 3.21. The van der Waals surface area contributed by atoms with Crippen LogP contribution in [0.3, 0.4) is 0 Å². The van der Waals surface area contributed by atoms with E-state index < -0.39 is 0 Å². The van der Waals surface area contributed by atoms with Gasteiger partial charge in [-0.2, -0.15) is 0 Å². The molecule has 1 aliphatic heterocycles. The number of hydrogen-bond acceptors (Lipinski definition) is 4. The van der Waals surface area contributed by atoms with Crippen LogP contribution < -0.4 is 10.2 Å². The first-order valence-corrected chi connectivity index (χ1v) is 7.45. The first kappa shape index (κ1) is 14.6. The van der Waals surface area contributed by atoms with Crippen molar-refractivity contribution in [1.82, 2.24) is 0 Å². The van der Waals surface area contributed by atoms with E-state index in [-0.39, 0.29) is 10.6 Å². The predicted molar refractivity (Wildman–Crippen MR) is 82.5 cm³/mol. The van der Waals surface area contributed by atoms with Crippen molar-refractivity contribution in [1.29, 1.82) is 0 Å². The van der Waals surface area contributed by atoms with Crippen LogP contribution >= 0.6 is 0 Å². The number of nitro groups is 1. The Morgan fingerprint density at radius 2 is 2.20 bits per heavy atom. The van der Waals surface area contributed by atoms with E-state index in [4.69, 9.17) is 0 Å². The van der Waals surface area contributed by atoms with Crippen molar-refractivity contribution in [2.45, 2.75) is 45.6 Å². The van der Waals surface area contributed by atoms with Crippen molar-refractivity contribution in [2.24, 2.45) is 0 Å². The quantitative estimate of drug-likeness (QED) is 0.634. The normalized spacial score (nSPS) is 18.3. The summed E-state index contributed by atoms with van der Waals surface area (Å²) in [6, 6.07) is 5.87. The lowest BCUT2D eigenvalue weighted by Gasteiger charge is -2.26. The molecular weight excluding hydrogens is 254 g/mol. The summed E-state index contributed by atoms with van der Waals surface area (Å²) in [5.74, 6) is 0. The Morgan fingerprint density at radius 1 is 1.40 bits per heavy atom. The maximum atomic E-state index is 11.1. The van der Waals surface area contributed by atoms with E-state index in [0.717, 1.165) is 37.3 Å². The van der Waals surface area contributed by atoms with E-state index in [1.165, 1.54) is 12.8 Å². The fourth-order valence-electron chi connectivity index (χ4n) is 2.84. The van der Waals surface area contributed by atoms with Crippen LogP contribution in [-0.2, 0) is 0 Å². The van der Waals surface area contributed by atoms with Crippen molar-refractivity contribution in [3.8, 4) is 0 Å². The van der Waals surface area contributed by atoms with Crippen molar-refractivity contribution >= 4 is 17.1 Å². The number of nitro benzene ring substituents is 1. The lowest BCUT2D eigenvalue weighted by molar-refractivity contribution is -0.384. The van der Waals surface area contributed by atoms with Crippen molar-refractivity contribution < 1.29 is 4.92 Å². The molecule has 1 fully saturated rings. The Bertz CT molecular complexity index is 476. The molecule has 5 nitrogen and oxygen atoms in total. The van der Waals surface area contributed by atoms with Gasteiger partial charge in [-0.3, -0.25) is 10.1 Å². The third-order valence-electron chi connectivity index (χ3n) is 3.87. The minimum Gasteiger partial charge on any atom is -0.385 e. The molecule has 0 saturated carbocycles. The molecule has 0 radical (unpaired) electrons. The topological polar surface area (TPSA) is 58.4 Å². The van der Waals surface area contributed by atoms with Crippen LogP contribution in [0.15, 0.2) is 18.2 Å². The second kappa shape index (κ2) is 6.59. The lowest BCUT2D eigenvalue weighted by atomic mass is 10.1. The molecule has 1 aromatic carbocycles. The molecule has 1 atom stereocenters. The van der Waals surface area contributed by atoms with Crippen LogP contribution in [0.1, 0.15) is 39.5 Å². The highest BCUT2D eigenvalue weighted by Crippen LogP contribution is 2.32. The molecule has 110 valence electrons. The monoisotopic (exact) mass is 277 g/mol. The Morgan fingerprint density at radius 3 is 2.85 bits per heavy atom. The van der Waals surface area contributed by atoms with E-state index in [0.29, 0.717) is 6.04 Å². The van der Waals surface area contributed by atoms with Crippen LogP contribution in [-0.4, -0.2) is 24.1 Å². The zero-order valence-corrected chi connectivity index (χ0v) is 12.3. The van der Waals surface area contributed by atoms with Gasteiger partial charge in [0.15, 0.2) is 0 Å². The van der Waals surface area contributed by atoms with E-state index in [1.54, 1.807) is 12.1 Å². The summed E-state index contributed by atoms with van der Waals surface area (Å²) in [4.78, 5) is 13.1. The Hall–Kier alpha value is -1.78. The highest BCUT2D eigenvalue weighted by atomic mass is 16.6. The highest BCUT2D eigenvalue weighted by Gasteiger charge is 2.24. The van der Waals surface area contributed by atoms with Gasteiger partial charge in [-0.25, -0.2) is 0 Å². The van der Waals surface area contributed by atoms with Gasteiger partial charge < -0.3 is 10.2 Å². The molecular formula is C15H23N3O2. The van der Waals surface area contributed by atoms with Crippen LogP contribution in [0, 0.1) is 10.1 Å². The van der Waals surface area contributed by atoms with Crippen molar-refractivity contribution in [3.05, 3.63) is 28.3 Å². The fourth-order valence-corrected chi connectivity index (χ4v) is 2.84. The maximum Gasteiger partial charge on any atom is 0.273 e. The van der Waals surface area contributed by atoms with Crippen LogP contribution in [0.4, 0.5) is 17.1 Å². The molecule has 0 amide bonds. The minimum absolute atomic E-state index is 0.169. The first-order chi connectivity index (χ1) is 9.65. The summed E-state index contributed by atoms with van der Waals surface area (Å²) in [6.07, 6.45) is 4.43. The highest BCUT2D eigenvalue weighted by molar-refractivity contribution is 5.65. The lowest BCUT2D eigenvalue weighted by Crippen LogP contribution is -2.28. The summed E-state index contributed by atoms with van der Waals surface area (Å²) in [5, 5.41) is 14.4. The van der Waals surface area contributed by atoms with Crippen LogP contribution in [0.2, 0.25) is 0 Å². The van der Waals surface area contributed by atoms with Crippen molar-refractivity contribution in [3.63, 3.8) is 0 Å². The average molecular weight is 277 g/mol. The second-order valence-corrected chi connectivity index (χ2v) is 5.32. The summed E-state index contributed by atoms with van der Waals surface area (Å²) in [5.41, 5.74) is 1.99. The third-order valence-corrected chi connectivity index (χ3v) is 3.87. The van der Waals surface area contributed by atoms with Gasteiger partial charge in [0.05, 0.1) is 4.92 Å². The van der Waals surface area contributed by atoms with Gasteiger partial charge in [0.25, 0.3) is 5.69 Å². The van der Waals surface area contributed by atoms with Gasteiger partial charge in [-0.15, -0.1) is 0 Å². The predicted octanol–water partition coefficient (Wildman–Crippen LogP) is 3.80. The average Bonchev–Trinajstić information content (AvgIpc) is 2.93. The largest absolute Gasteiger partial charge is 0.385 e. The summed E-state index contributed by atoms with van der Waals surface area (Å²) in [6.45, 7) is 6.08. The number of non-ortho nitro benzene ring substituents is 1. The van der Waals surface area contributed by atoms with Gasteiger partial charge >= 0.3 is 0 Å². The molecule has 1 saturated heterocycles. The van der Waals surface area contributed by atoms with Crippen molar-refractivity contribution in [2.75, 3.05) is 23.3 Å². The number of nitrogens with zero attached hydrogens (tertiary/aromatic N) is 2. The van der Waals surface area contributed by atoms with Gasteiger partial charge in [-0.1, -0.05) is 13.8 Å². The molecule has 1 aromatic rings. The number of hydrogen-bond donors (Lipinski definition) is 1.